The van der Waals surface area contributed by atoms with Crippen molar-refractivity contribution in [3.8, 4) is 0 Å². The molecule has 2 N–H and O–H groups in total. The maximum absolute atomic E-state index is 12.9. The number of hydrogen-bond acceptors (Lipinski definition) is 1. The van der Waals surface area contributed by atoms with Crippen molar-refractivity contribution >= 4 is 5.91 Å². The van der Waals surface area contributed by atoms with Gasteiger partial charge in [0.15, 0.2) is 0 Å². The van der Waals surface area contributed by atoms with E-state index in [9.17, 15) is 4.79 Å². The Balaban J connectivity index is 1.93. The Morgan fingerprint density at radius 1 is 0.643 bits per heavy atom. The Kier molecular flexibility index (Phi) is 10.9. The van der Waals surface area contributed by atoms with Gasteiger partial charge in [-0.25, -0.2) is 0 Å². The first-order chi connectivity index (χ1) is 13.7. The van der Waals surface area contributed by atoms with Crippen molar-refractivity contribution in [1.82, 2.24) is 0 Å². The van der Waals surface area contributed by atoms with E-state index in [0.29, 0.717) is 0 Å². The lowest BCUT2D eigenvalue weighted by Crippen LogP contribution is -2.51. The molecule has 2 heteroatoms. The zero-order chi connectivity index (χ0) is 20.1. The van der Waals surface area contributed by atoms with Crippen molar-refractivity contribution in [2.45, 2.75) is 148 Å². The number of carbonyl (C=O) groups excluding carboxylic acids is 1. The second-order valence-corrected chi connectivity index (χ2v) is 10.1. The molecule has 0 aliphatic heterocycles. The van der Waals surface area contributed by atoms with Crippen LogP contribution in [-0.4, -0.2) is 5.91 Å². The standard InChI is InChI=1S/C26H49NO/c1-2-3-4-5-6-7-8-9-14-19-25(20-15-10-11-16-21-25)26(24(27)28)22-17-12-13-18-23-26/h2-23H2,1H3,(H2,27,28). The number of unbranched alkanes of at least 4 members (excludes halogenated alkanes) is 8. The molecule has 2 aliphatic carbocycles. The fraction of sp³-hybridized carbons (Fsp3) is 0.962. The number of primary amides is 1. The predicted molar refractivity (Wildman–Crippen MR) is 121 cm³/mol. The van der Waals surface area contributed by atoms with Crippen molar-refractivity contribution in [3.63, 3.8) is 0 Å². The van der Waals surface area contributed by atoms with Crippen LogP contribution in [-0.2, 0) is 4.79 Å². The zero-order valence-electron chi connectivity index (χ0n) is 19.0. The minimum Gasteiger partial charge on any atom is -0.369 e. The third kappa shape index (κ3) is 6.49. The van der Waals surface area contributed by atoms with Crippen LogP contribution < -0.4 is 5.73 Å². The fourth-order valence-corrected chi connectivity index (χ4v) is 6.52. The summed E-state index contributed by atoms with van der Waals surface area (Å²) in [6, 6.07) is 0. The van der Waals surface area contributed by atoms with Gasteiger partial charge in [-0.1, -0.05) is 116 Å². The molecule has 0 heterocycles. The summed E-state index contributed by atoms with van der Waals surface area (Å²) in [4.78, 5) is 12.9. The predicted octanol–water partition coefficient (Wildman–Crippen LogP) is 8.07. The Hall–Kier alpha value is -0.530. The maximum Gasteiger partial charge on any atom is 0.224 e. The van der Waals surface area contributed by atoms with Crippen molar-refractivity contribution < 1.29 is 4.79 Å². The lowest BCUT2D eigenvalue weighted by atomic mass is 9.54. The zero-order valence-corrected chi connectivity index (χ0v) is 19.0. The molecule has 0 bridgehead atoms. The summed E-state index contributed by atoms with van der Waals surface area (Å²) in [6.07, 6.45) is 28.7. The third-order valence-corrected chi connectivity index (χ3v) is 8.26. The summed E-state index contributed by atoms with van der Waals surface area (Å²) in [6.45, 7) is 2.29. The lowest BCUT2D eigenvalue weighted by Gasteiger charge is -2.49. The van der Waals surface area contributed by atoms with Gasteiger partial charge >= 0.3 is 0 Å². The van der Waals surface area contributed by atoms with E-state index in [1.807, 2.05) is 0 Å². The summed E-state index contributed by atoms with van der Waals surface area (Å²) in [5, 5.41) is 0. The van der Waals surface area contributed by atoms with Crippen LogP contribution in [0.1, 0.15) is 148 Å². The van der Waals surface area contributed by atoms with Gasteiger partial charge in [-0.05, 0) is 37.5 Å². The van der Waals surface area contributed by atoms with Crippen LogP contribution in [0, 0.1) is 10.8 Å². The number of hydrogen-bond donors (Lipinski definition) is 1. The summed E-state index contributed by atoms with van der Waals surface area (Å²) < 4.78 is 0. The van der Waals surface area contributed by atoms with E-state index in [1.54, 1.807) is 0 Å². The topological polar surface area (TPSA) is 43.1 Å². The fourth-order valence-electron chi connectivity index (χ4n) is 6.52. The van der Waals surface area contributed by atoms with E-state index in [0.717, 1.165) is 12.8 Å². The SMILES string of the molecule is CCCCCCCCCCCC1(C2(C(N)=O)CCCCCC2)CCCCCC1. The first kappa shape index (κ1) is 23.7. The van der Waals surface area contributed by atoms with Crippen LogP contribution in [0.4, 0.5) is 0 Å². The number of carbonyl (C=O) groups is 1. The van der Waals surface area contributed by atoms with Gasteiger partial charge in [-0.15, -0.1) is 0 Å². The number of rotatable bonds is 12. The molecular weight excluding hydrogens is 342 g/mol. The summed E-state index contributed by atoms with van der Waals surface area (Å²) in [7, 11) is 0. The van der Waals surface area contributed by atoms with Gasteiger partial charge in [-0.3, -0.25) is 4.79 Å². The molecule has 2 saturated carbocycles. The molecule has 0 radical (unpaired) electrons. The van der Waals surface area contributed by atoms with Gasteiger partial charge < -0.3 is 5.73 Å². The van der Waals surface area contributed by atoms with Crippen LogP contribution in [0.3, 0.4) is 0 Å². The molecule has 164 valence electrons. The molecule has 2 rings (SSSR count). The molecule has 0 aromatic rings. The molecular formula is C26H49NO. The normalized spacial score (nSPS) is 22.3. The average molecular weight is 392 g/mol. The Morgan fingerprint density at radius 2 is 1.07 bits per heavy atom. The first-order valence-electron chi connectivity index (χ1n) is 13.0. The highest BCUT2D eigenvalue weighted by Gasteiger charge is 2.53. The van der Waals surface area contributed by atoms with Crippen LogP contribution in [0.15, 0.2) is 0 Å². The maximum atomic E-state index is 12.9. The largest absolute Gasteiger partial charge is 0.369 e. The molecule has 0 aromatic carbocycles. The van der Waals surface area contributed by atoms with Gasteiger partial charge in [0.2, 0.25) is 5.91 Å². The molecule has 0 unspecified atom stereocenters. The van der Waals surface area contributed by atoms with E-state index < -0.39 is 0 Å². The van der Waals surface area contributed by atoms with Crippen LogP contribution in [0.25, 0.3) is 0 Å². The summed E-state index contributed by atoms with van der Waals surface area (Å²) >= 11 is 0. The van der Waals surface area contributed by atoms with Crippen molar-refractivity contribution in [3.05, 3.63) is 0 Å². The molecule has 2 nitrogen and oxygen atoms in total. The van der Waals surface area contributed by atoms with E-state index >= 15 is 0 Å². The van der Waals surface area contributed by atoms with Crippen LogP contribution in [0.2, 0.25) is 0 Å². The van der Waals surface area contributed by atoms with Crippen molar-refractivity contribution in [2.75, 3.05) is 0 Å². The van der Waals surface area contributed by atoms with Gasteiger partial charge in [0, 0.05) is 0 Å². The van der Waals surface area contributed by atoms with Gasteiger partial charge in [0.1, 0.15) is 0 Å². The molecule has 2 fully saturated rings. The van der Waals surface area contributed by atoms with Crippen LogP contribution in [0.5, 0.6) is 0 Å². The minimum atomic E-state index is -0.200. The molecule has 28 heavy (non-hydrogen) atoms. The minimum absolute atomic E-state index is 0.0484. The smallest absolute Gasteiger partial charge is 0.224 e. The molecule has 0 saturated heterocycles. The van der Waals surface area contributed by atoms with Gasteiger partial charge in [-0.2, -0.15) is 0 Å². The van der Waals surface area contributed by atoms with Crippen LogP contribution >= 0.6 is 0 Å². The monoisotopic (exact) mass is 391 g/mol. The van der Waals surface area contributed by atoms with E-state index in [-0.39, 0.29) is 16.7 Å². The highest BCUT2D eigenvalue weighted by atomic mass is 16.1. The highest BCUT2D eigenvalue weighted by Crippen LogP contribution is 2.58. The Bertz CT molecular complexity index is 414. The van der Waals surface area contributed by atoms with E-state index in [1.165, 1.54) is 128 Å². The van der Waals surface area contributed by atoms with E-state index in [4.69, 9.17) is 5.73 Å². The summed E-state index contributed by atoms with van der Waals surface area (Å²) in [5.41, 5.74) is 6.22. The second kappa shape index (κ2) is 12.9. The average Bonchev–Trinajstić information content (AvgIpc) is 3.09. The second-order valence-electron chi connectivity index (χ2n) is 10.1. The molecule has 0 aromatic heterocycles. The Morgan fingerprint density at radius 3 is 1.54 bits per heavy atom. The quantitative estimate of drug-likeness (QED) is 0.265. The first-order valence-corrected chi connectivity index (χ1v) is 13.0. The van der Waals surface area contributed by atoms with Crippen molar-refractivity contribution in [1.29, 1.82) is 0 Å². The number of nitrogens with two attached hydrogens (primary N) is 1. The molecule has 0 spiro atoms. The van der Waals surface area contributed by atoms with Crippen molar-refractivity contribution in [2.24, 2.45) is 16.6 Å². The molecule has 1 amide bonds. The highest BCUT2D eigenvalue weighted by molar-refractivity contribution is 5.82. The molecule has 2 aliphatic rings. The Labute approximate surface area is 175 Å². The summed E-state index contributed by atoms with van der Waals surface area (Å²) in [5.74, 6) is 0.0484. The third-order valence-electron chi connectivity index (χ3n) is 8.26. The van der Waals surface area contributed by atoms with Gasteiger partial charge in [0.25, 0.3) is 0 Å². The lowest BCUT2D eigenvalue weighted by molar-refractivity contribution is -0.140. The van der Waals surface area contributed by atoms with E-state index in [2.05, 4.69) is 6.92 Å². The number of amides is 1. The van der Waals surface area contributed by atoms with Gasteiger partial charge in [0.05, 0.1) is 5.41 Å². The molecule has 0 atom stereocenters.